The molecule has 178 valence electrons. The van der Waals surface area contributed by atoms with E-state index in [9.17, 15) is 14.3 Å². The van der Waals surface area contributed by atoms with Crippen LogP contribution in [-0.4, -0.2) is 22.7 Å². The second-order valence-electron chi connectivity index (χ2n) is 7.79. The van der Waals surface area contributed by atoms with Crippen molar-refractivity contribution in [3.05, 3.63) is 112 Å². The van der Waals surface area contributed by atoms with Crippen LogP contribution in [0.5, 0.6) is 5.75 Å². The number of ether oxygens (including phenoxy) is 2. The minimum atomic E-state index is -0.615. The van der Waals surface area contributed by atoms with E-state index < -0.39 is 5.97 Å². The maximum Gasteiger partial charge on any atom is 0.344 e. The molecule has 0 atom stereocenters. The molecule has 1 N–H and O–H groups in total. The first-order valence-electron chi connectivity index (χ1n) is 11.1. The molecule has 5 nitrogen and oxygen atoms in total. The Bertz CT molecular complexity index is 1290. The summed E-state index contributed by atoms with van der Waals surface area (Å²) in [6, 6.07) is 21.0. The van der Waals surface area contributed by atoms with Gasteiger partial charge in [-0.15, -0.1) is 0 Å². The van der Waals surface area contributed by atoms with Gasteiger partial charge in [0.2, 0.25) is 0 Å². The minimum Gasteiger partial charge on any atom is -0.506 e. The summed E-state index contributed by atoms with van der Waals surface area (Å²) >= 11 is 1.21. The largest absolute Gasteiger partial charge is 0.506 e. The van der Waals surface area contributed by atoms with Crippen LogP contribution >= 0.6 is 11.8 Å². The number of thioether (sulfide) groups is 1. The standard InChI is InChI=1S/C28H24FNO4S/c1-3-33-28(32)25-26(31)24(35-27(25)30-22-12-4-18(2)5-13-22)16-19-8-14-23(15-9-19)34-17-20-6-10-21(29)11-7-20/h4-16,31H,3,17H2,1-2H3/b24-16+,30-27?. The highest BCUT2D eigenvalue weighted by atomic mass is 32.2. The van der Waals surface area contributed by atoms with Crippen LogP contribution in [0.1, 0.15) is 23.6 Å². The Balaban J connectivity index is 1.54. The molecule has 1 heterocycles. The van der Waals surface area contributed by atoms with Crippen molar-refractivity contribution in [2.75, 3.05) is 6.61 Å². The van der Waals surface area contributed by atoms with Crippen molar-refractivity contribution in [1.29, 1.82) is 0 Å². The van der Waals surface area contributed by atoms with Crippen molar-refractivity contribution in [1.82, 2.24) is 0 Å². The first-order valence-corrected chi connectivity index (χ1v) is 11.9. The van der Waals surface area contributed by atoms with Crippen LogP contribution in [-0.2, 0) is 16.1 Å². The lowest BCUT2D eigenvalue weighted by molar-refractivity contribution is -0.138. The van der Waals surface area contributed by atoms with Crippen LogP contribution < -0.4 is 4.74 Å². The Morgan fingerprint density at radius 1 is 1.03 bits per heavy atom. The molecule has 0 amide bonds. The van der Waals surface area contributed by atoms with Crippen LogP contribution in [0.25, 0.3) is 6.08 Å². The Hall–Kier alpha value is -3.84. The van der Waals surface area contributed by atoms with E-state index in [0.29, 0.717) is 28.0 Å². The van der Waals surface area contributed by atoms with Gasteiger partial charge in [-0.05, 0) is 67.4 Å². The maximum atomic E-state index is 13.0. The van der Waals surface area contributed by atoms with Gasteiger partial charge in [0.15, 0.2) is 0 Å². The third-order valence-electron chi connectivity index (χ3n) is 5.13. The molecule has 0 bridgehead atoms. The summed E-state index contributed by atoms with van der Waals surface area (Å²) in [6.45, 7) is 4.21. The van der Waals surface area contributed by atoms with Gasteiger partial charge < -0.3 is 14.6 Å². The lowest BCUT2D eigenvalue weighted by atomic mass is 10.1. The van der Waals surface area contributed by atoms with Gasteiger partial charge in [0.05, 0.1) is 17.2 Å². The van der Waals surface area contributed by atoms with E-state index in [2.05, 4.69) is 4.99 Å². The number of benzene rings is 3. The molecule has 3 aromatic carbocycles. The minimum absolute atomic E-state index is 0.0583. The van der Waals surface area contributed by atoms with Gasteiger partial charge in [-0.25, -0.2) is 14.2 Å². The monoisotopic (exact) mass is 489 g/mol. The number of aryl methyl sites for hydroxylation is 1. The van der Waals surface area contributed by atoms with Gasteiger partial charge >= 0.3 is 5.97 Å². The number of halogens is 1. The van der Waals surface area contributed by atoms with E-state index >= 15 is 0 Å². The first-order chi connectivity index (χ1) is 16.9. The van der Waals surface area contributed by atoms with Gasteiger partial charge in [0, 0.05) is 0 Å². The number of aliphatic imine (C=N–C) groups is 1. The molecule has 0 radical (unpaired) electrons. The van der Waals surface area contributed by atoms with Gasteiger partial charge in [0.25, 0.3) is 0 Å². The van der Waals surface area contributed by atoms with Gasteiger partial charge in [-0.2, -0.15) is 0 Å². The molecule has 35 heavy (non-hydrogen) atoms. The van der Waals surface area contributed by atoms with Crippen LogP contribution in [0.15, 0.2) is 94.0 Å². The summed E-state index contributed by atoms with van der Waals surface area (Å²) in [5, 5.41) is 11.2. The Morgan fingerprint density at radius 3 is 2.37 bits per heavy atom. The zero-order chi connectivity index (χ0) is 24.8. The fraction of sp³-hybridized carbons (Fsp3) is 0.143. The predicted molar refractivity (Wildman–Crippen MR) is 137 cm³/mol. The summed E-state index contributed by atoms with van der Waals surface area (Å²) in [5.41, 5.74) is 3.51. The summed E-state index contributed by atoms with van der Waals surface area (Å²) < 4.78 is 24.0. The molecule has 0 unspecified atom stereocenters. The molecule has 1 aliphatic rings. The fourth-order valence-electron chi connectivity index (χ4n) is 3.29. The fourth-order valence-corrected chi connectivity index (χ4v) is 4.32. The molecular weight excluding hydrogens is 465 g/mol. The van der Waals surface area contributed by atoms with E-state index in [1.165, 1.54) is 23.9 Å². The van der Waals surface area contributed by atoms with Gasteiger partial charge in [-0.1, -0.05) is 53.7 Å². The first kappa shape index (κ1) is 24.3. The number of aliphatic hydroxyl groups is 1. The van der Waals surface area contributed by atoms with Crippen molar-refractivity contribution in [3.8, 4) is 5.75 Å². The number of hydrogen-bond acceptors (Lipinski definition) is 6. The predicted octanol–water partition coefficient (Wildman–Crippen LogP) is 6.91. The van der Waals surface area contributed by atoms with E-state index in [-0.39, 0.29) is 23.8 Å². The zero-order valence-electron chi connectivity index (χ0n) is 19.3. The molecule has 0 saturated heterocycles. The highest BCUT2D eigenvalue weighted by Gasteiger charge is 2.33. The van der Waals surface area contributed by atoms with Crippen molar-refractivity contribution in [2.24, 2.45) is 4.99 Å². The second kappa shape index (κ2) is 11.1. The summed E-state index contributed by atoms with van der Waals surface area (Å²) in [7, 11) is 0. The molecule has 0 spiro atoms. The highest BCUT2D eigenvalue weighted by molar-refractivity contribution is 8.18. The topological polar surface area (TPSA) is 68.1 Å². The van der Waals surface area contributed by atoms with E-state index in [0.717, 1.165) is 16.7 Å². The molecule has 3 aromatic rings. The van der Waals surface area contributed by atoms with Gasteiger partial charge in [-0.3, -0.25) is 0 Å². The second-order valence-corrected chi connectivity index (χ2v) is 8.82. The van der Waals surface area contributed by atoms with Crippen LogP contribution in [0.2, 0.25) is 0 Å². The molecule has 0 saturated carbocycles. The average Bonchev–Trinajstić information content (AvgIpc) is 3.15. The van der Waals surface area contributed by atoms with Crippen molar-refractivity contribution in [3.63, 3.8) is 0 Å². The smallest absolute Gasteiger partial charge is 0.344 e. The number of carbonyl (C=O) groups excluding carboxylic acids is 1. The normalized spacial score (nSPS) is 15.6. The molecule has 0 aliphatic carbocycles. The van der Waals surface area contributed by atoms with Crippen LogP contribution in [0.3, 0.4) is 0 Å². The van der Waals surface area contributed by atoms with Crippen molar-refractivity contribution in [2.45, 2.75) is 20.5 Å². The molecule has 7 heteroatoms. The third kappa shape index (κ3) is 6.19. The SMILES string of the molecule is CCOC(=O)C1=C(O)/C(=C\c2ccc(OCc3ccc(F)cc3)cc2)SC1=Nc1ccc(C)cc1. The number of nitrogens with zero attached hydrogens (tertiary/aromatic N) is 1. The van der Waals surface area contributed by atoms with E-state index in [4.69, 9.17) is 9.47 Å². The number of hydrogen-bond donors (Lipinski definition) is 1. The number of esters is 1. The number of rotatable bonds is 7. The Labute approximate surface area is 207 Å². The van der Waals surface area contributed by atoms with E-state index in [1.807, 2.05) is 55.5 Å². The third-order valence-corrected chi connectivity index (χ3v) is 6.15. The Kier molecular flexibility index (Phi) is 7.67. The molecule has 0 fully saturated rings. The summed E-state index contributed by atoms with van der Waals surface area (Å²) in [5.74, 6) is -0.400. The number of aliphatic hydroxyl groups excluding tert-OH is 1. The van der Waals surface area contributed by atoms with Crippen LogP contribution in [0, 0.1) is 12.7 Å². The van der Waals surface area contributed by atoms with Gasteiger partial charge in [0.1, 0.15) is 34.5 Å². The Morgan fingerprint density at radius 2 is 1.71 bits per heavy atom. The van der Waals surface area contributed by atoms with Crippen LogP contribution in [0.4, 0.5) is 10.1 Å². The maximum absolute atomic E-state index is 13.0. The quantitative estimate of drug-likeness (QED) is 0.365. The molecular formula is C28H24FNO4S. The molecule has 0 aromatic heterocycles. The lowest BCUT2D eigenvalue weighted by Gasteiger charge is -2.07. The highest BCUT2D eigenvalue weighted by Crippen LogP contribution is 2.40. The van der Waals surface area contributed by atoms with E-state index in [1.54, 1.807) is 25.1 Å². The van der Waals surface area contributed by atoms with Crippen molar-refractivity contribution >= 4 is 34.5 Å². The average molecular weight is 490 g/mol. The zero-order valence-corrected chi connectivity index (χ0v) is 20.1. The number of carbonyl (C=O) groups is 1. The summed E-state index contributed by atoms with van der Waals surface area (Å²) in [6.07, 6.45) is 1.78. The molecule has 4 rings (SSSR count). The van der Waals surface area contributed by atoms with Crippen molar-refractivity contribution < 1.29 is 23.8 Å². The molecule has 1 aliphatic heterocycles. The lowest BCUT2D eigenvalue weighted by Crippen LogP contribution is -2.12. The summed E-state index contributed by atoms with van der Waals surface area (Å²) in [4.78, 5) is 17.6.